The lowest BCUT2D eigenvalue weighted by Crippen LogP contribution is -2.59. The fourth-order valence-electron chi connectivity index (χ4n) is 5.49. The van der Waals surface area contributed by atoms with E-state index in [0.717, 1.165) is 12.8 Å². The molecule has 11 heteroatoms. The van der Waals surface area contributed by atoms with Crippen molar-refractivity contribution in [1.29, 1.82) is 0 Å². The summed E-state index contributed by atoms with van der Waals surface area (Å²) in [5.41, 5.74) is -1.02. The number of piperidine rings is 1. The predicted octanol–water partition coefficient (Wildman–Crippen LogP) is 5.11. The molecular formula is C28H35ClFN3O6. The number of nitrogens with zero attached hydrogens (tertiary/aromatic N) is 2. The maximum Gasteiger partial charge on any atom is 0.414 e. The number of carbonyl (C=O) groups is 3. The monoisotopic (exact) mass is 563 g/mol. The van der Waals surface area contributed by atoms with Crippen molar-refractivity contribution in [2.75, 3.05) is 19.6 Å². The summed E-state index contributed by atoms with van der Waals surface area (Å²) in [7, 11) is 0. The predicted molar refractivity (Wildman–Crippen MR) is 143 cm³/mol. The number of nitrogens with one attached hydrogen (secondary N) is 1. The minimum atomic E-state index is -1.12. The van der Waals surface area contributed by atoms with Gasteiger partial charge in [-0.2, -0.15) is 0 Å². The second-order valence-corrected chi connectivity index (χ2v) is 11.7. The van der Waals surface area contributed by atoms with Gasteiger partial charge in [0.15, 0.2) is 0 Å². The molecule has 2 amide bonds. The van der Waals surface area contributed by atoms with Gasteiger partial charge < -0.3 is 19.9 Å². The molecule has 0 bridgehead atoms. The lowest BCUT2D eigenvalue weighted by Gasteiger charge is -2.45. The lowest BCUT2D eigenvalue weighted by molar-refractivity contribution is -0.132. The third-order valence-corrected chi connectivity index (χ3v) is 7.75. The van der Waals surface area contributed by atoms with Gasteiger partial charge in [-0.25, -0.2) is 14.0 Å². The minimum absolute atomic E-state index is 0.0144. The largest absolute Gasteiger partial charge is 0.489 e. The summed E-state index contributed by atoms with van der Waals surface area (Å²) in [5, 5.41) is 12.3. The van der Waals surface area contributed by atoms with E-state index in [9.17, 15) is 19.5 Å². The summed E-state index contributed by atoms with van der Waals surface area (Å²) < 4.78 is 26.8. The number of fused-ring (bicyclic) bond motifs is 1. The summed E-state index contributed by atoms with van der Waals surface area (Å²) in [4.78, 5) is 41.2. The fraction of sp³-hybridized carbons (Fsp3) is 0.536. The van der Waals surface area contributed by atoms with Crippen LogP contribution in [0.2, 0.25) is 5.02 Å². The van der Waals surface area contributed by atoms with Crippen molar-refractivity contribution in [3.63, 3.8) is 0 Å². The number of halogens is 2. The van der Waals surface area contributed by atoms with Gasteiger partial charge in [-0.3, -0.25) is 14.6 Å². The van der Waals surface area contributed by atoms with Crippen molar-refractivity contribution < 1.29 is 33.4 Å². The molecule has 3 aliphatic rings. The number of aromatic carboxylic acids is 1. The highest BCUT2D eigenvalue weighted by molar-refractivity contribution is 6.33. The van der Waals surface area contributed by atoms with Crippen LogP contribution in [0.5, 0.6) is 5.75 Å². The van der Waals surface area contributed by atoms with Gasteiger partial charge >= 0.3 is 12.1 Å². The van der Waals surface area contributed by atoms with Gasteiger partial charge in [0.1, 0.15) is 28.8 Å². The molecule has 0 aromatic heterocycles. The summed E-state index contributed by atoms with van der Waals surface area (Å²) in [6.07, 6.45) is 1.89. The van der Waals surface area contributed by atoms with Gasteiger partial charge in [0.2, 0.25) is 5.91 Å². The Morgan fingerprint density at radius 3 is 2.67 bits per heavy atom. The maximum absolute atomic E-state index is 15.1. The van der Waals surface area contributed by atoms with Crippen LogP contribution in [0.15, 0.2) is 41.5 Å². The second kappa shape index (κ2) is 10.8. The van der Waals surface area contributed by atoms with E-state index in [0.29, 0.717) is 30.2 Å². The Kier molecular flexibility index (Phi) is 8.01. The number of amides is 2. The number of hydrogen-bond donors (Lipinski definition) is 2. The van der Waals surface area contributed by atoms with E-state index in [1.54, 1.807) is 40.7 Å². The normalized spacial score (nSPS) is 25.5. The number of carboxylic acid groups (broad SMARTS) is 1. The summed E-state index contributed by atoms with van der Waals surface area (Å²) in [6, 6.07) is 4.42. The molecule has 4 rings (SSSR count). The van der Waals surface area contributed by atoms with Crippen molar-refractivity contribution in [2.24, 2.45) is 5.92 Å². The number of carbonyl (C=O) groups excluding carboxylic acids is 2. The molecule has 0 radical (unpaired) electrons. The fourth-order valence-corrected chi connectivity index (χ4v) is 5.74. The SMILES string of the molecule is CCN(C(=O)OC(C)(C)C)C1=C2NC(=O)C(C)(N3CCC[C@@H](Oc4ccc(C(=O)O)c(Cl)c4)C3)C2CC(F)=C1. The van der Waals surface area contributed by atoms with Gasteiger partial charge in [0, 0.05) is 31.1 Å². The van der Waals surface area contributed by atoms with Crippen molar-refractivity contribution in [3.8, 4) is 5.75 Å². The first-order valence-electron chi connectivity index (χ1n) is 13.1. The van der Waals surface area contributed by atoms with Crippen LogP contribution in [0.4, 0.5) is 9.18 Å². The van der Waals surface area contributed by atoms with E-state index >= 15 is 4.39 Å². The number of ether oxygens (including phenoxy) is 2. The number of likely N-dealkylation sites (tertiary alicyclic amines) is 1. The average Bonchev–Trinajstić information content (AvgIpc) is 3.09. The standard InChI is InChI=1S/C28H35ClFN3O6/c1-6-33(26(37)39-27(2,3)4)22-13-16(30)12-20-23(22)31-25(36)28(20,5)32-11-7-8-18(15-32)38-17-9-10-19(24(34)35)21(29)14-17/h9-10,13-14,18,20H,6-8,11-12,15H2,1-5H3,(H,31,36)(H,34,35)/t18-,20?,28?/m1/s1. The summed E-state index contributed by atoms with van der Waals surface area (Å²) >= 11 is 6.11. The number of rotatable bonds is 6. The number of allylic oxidation sites excluding steroid dienone is 2. The Labute approximate surface area is 232 Å². The molecule has 212 valence electrons. The van der Waals surface area contributed by atoms with Crippen molar-refractivity contribution in [1.82, 2.24) is 15.1 Å². The minimum Gasteiger partial charge on any atom is -0.489 e. The molecule has 39 heavy (non-hydrogen) atoms. The average molecular weight is 564 g/mol. The van der Waals surface area contributed by atoms with Crippen molar-refractivity contribution in [2.45, 2.75) is 71.1 Å². The van der Waals surface area contributed by atoms with Crippen LogP contribution in [0, 0.1) is 5.92 Å². The van der Waals surface area contributed by atoms with E-state index in [4.69, 9.17) is 21.1 Å². The quantitative estimate of drug-likeness (QED) is 0.495. The second-order valence-electron chi connectivity index (χ2n) is 11.2. The number of benzene rings is 1. The van der Waals surface area contributed by atoms with Crippen LogP contribution >= 0.6 is 11.6 Å². The van der Waals surface area contributed by atoms with Gasteiger partial charge in [-0.15, -0.1) is 0 Å². The molecule has 2 heterocycles. The first-order chi connectivity index (χ1) is 18.2. The molecule has 2 unspecified atom stereocenters. The molecule has 2 aliphatic heterocycles. The topological polar surface area (TPSA) is 108 Å². The van der Waals surface area contributed by atoms with Gasteiger partial charge in [0.05, 0.1) is 16.3 Å². The maximum atomic E-state index is 15.1. The summed E-state index contributed by atoms with van der Waals surface area (Å²) in [5.74, 6) is -1.91. The molecule has 0 saturated carbocycles. The third-order valence-electron chi connectivity index (χ3n) is 7.43. The Bertz CT molecular complexity index is 1240. The Balaban J connectivity index is 1.59. The third kappa shape index (κ3) is 5.77. The molecule has 1 aromatic carbocycles. The van der Waals surface area contributed by atoms with E-state index in [1.165, 1.54) is 23.1 Å². The molecule has 2 N–H and O–H groups in total. The molecule has 3 atom stereocenters. The van der Waals surface area contributed by atoms with Crippen LogP contribution in [0.25, 0.3) is 0 Å². The van der Waals surface area contributed by atoms with Gasteiger partial charge in [-0.05, 0) is 78.3 Å². The zero-order chi connectivity index (χ0) is 28.7. The van der Waals surface area contributed by atoms with E-state index < -0.39 is 34.9 Å². The highest BCUT2D eigenvalue weighted by Gasteiger charge is 2.56. The molecule has 2 fully saturated rings. The van der Waals surface area contributed by atoms with Crippen LogP contribution in [-0.2, 0) is 9.53 Å². The molecule has 9 nitrogen and oxygen atoms in total. The lowest BCUT2D eigenvalue weighted by atomic mass is 9.78. The van der Waals surface area contributed by atoms with E-state index in [1.807, 2.05) is 4.90 Å². The zero-order valence-corrected chi connectivity index (χ0v) is 23.6. The number of hydrogen-bond acceptors (Lipinski definition) is 6. The zero-order valence-electron chi connectivity index (χ0n) is 22.8. The van der Waals surface area contributed by atoms with Crippen LogP contribution in [-0.4, -0.2) is 69.8 Å². The van der Waals surface area contributed by atoms with E-state index in [-0.39, 0.29) is 35.6 Å². The van der Waals surface area contributed by atoms with Gasteiger partial charge in [-0.1, -0.05) is 11.6 Å². The summed E-state index contributed by atoms with van der Waals surface area (Å²) in [6.45, 7) is 10.1. The molecule has 1 aromatic rings. The Morgan fingerprint density at radius 1 is 1.33 bits per heavy atom. The van der Waals surface area contributed by atoms with Crippen LogP contribution in [0.1, 0.15) is 64.2 Å². The smallest absolute Gasteiger partial charge is 0.414 e. The van der Waals surface area contributed by atoms with Gasteiger partial charge in [0.25, 0.3) is 0 Å². The molecule has 0 spiro atoms. The van der Waals surface area contributed by atoms with Crippen molar-refractivity contribution >= 4 is 29.6 Å². The molecule has 1 aliphatic carbocycles. The van der Waals surface area contributed by atoms with Crippen LogP contribution < -0.4 is 10.1 Å². The highest BCUT2D eigenvalue weighted by atomic mass is 35.5. The highest BCUT2D eigenvalue weighted by Crippen LogP contribution is 2.45. The van der Waals surface area contributed by atoms with E-state index in [2.05, 4.69) is 5.32 Å². The van der Waals surface area contributed by atoms with Crippen LogP contribution in [0.3, 0.4) is 0 Å². The number of likely N-dealkylation sites (N-methyl/N-ethyl adjacent to an activating group) is 1. The Hall–Kier alpha value is -3.11. The first-order valence-corrected chi connectivity index (χ1v) is 13.5. The molecule has 2 saturated heterocycles. The van der Waals surface area contributed by atoms with Crippen molar-refractivity contribution in [3.05, 3.63) is 52.1 Å². The first kappa shape index (κ1) is 28.9. The number of carboxylic acids is 1. The molecular weight excluding hydrogens is 529 g/mol. The Morgan fingerprint density at radius 2 is 2.05 bits per heavy atom.